The third kappa shape index (κ3) is 3.28. The van der Waals surface area contributed by atoms with Crippen LogP contribution in [-0.2, 0) is 20.5 Å². The lowest BCUT2D eigenvalue weighted by Gasteiger charge is -2.36. The van der Waals surface area contributed by atoms with Crippen LogP contribution in [0.1, 0.15) is 19.4 Å². The molecule has 1 aromatic carbocycles. The molecule has 0 saturated carbocycles. The minimum atomic E-state index is -3.37. The number of ether oxygens (including phenoxy) is 1. The quantitative estimate of drug-likeness (QED) is 0.860. The second-order valence-corrected chi connectivity index (χ2v) is 7.10. The molecule has 1 aliphatic rings. The number of benzene rings is 1. The number of sulfonamides is 1. The zero-order valence-corrected chi connectivity index (χ0v) is 12.6. The van der Waals surface area contributed by atoms with Crippen LogP contribution in [0.25, 0.3) is 0 Å². The molecule has 0 spiro atoms. The van der Waals surface area contributed by atoms with Gasteiger partial charge in [-0.2, -0.15) is 4.31 Å². The van der Waals surface area contributed by atoms with E-state index in [2.05, 4.69) is 0 Å². The fraction of sp³-hybridized carbons (Fsp3) is 0.538. The van der Waals surface area contributed by atoms with Crippen molar-refractivity contribution >= 4 is 21.6 Å². The van der Waals surface area contributed by atoms with Crippen molar-refractivity contribution in [3.05, 3.63) is 34.9 Å². The van der Waals surface area contributed by atoms with Crippen molar-refractivity contribution in [1.29, 1.82) is 0 Å². The maximum Gasteiger partial charge on any atom is 0.218 e. The van der Waals surface area contributed by atoms with Crippen molar-refractivity contribution in [2.45, 2.75) is 31.7 Å². The molecule has 1 fully saturated rings. The molecule has 1 aliphatic heterocycles. The van der Waals surface area contributed by atoms with Gasteiger partial charge in [-0.15, -0.1) is 0 Å². The van der Waals surface area contributed by atoms with Gasteiger partial charge in [0.05, 0.1) is 18.5 Å². The molecule has 2 atom stereocenters. The Morgan fingerprint density at radius 1 is 1.37 bits per heavy atom. The topological polar surface area (TPSA) is 46.6 Å². The molecule has 2 rings (SSSR count). The Kier molecular flexibility index (Phi) is 4.50. The maximum atomic E-state index is 12.5. The van der Waals surface area contributed by atoms with Crippen LogP contribution in [0.3, 0.4) is 0 Å². The van der Waals surface area contributed by atoms with Crippen molar-refractivity contribution in [3.8, 4) is 0 Å². The summed E-state index contributed by atoms with van der Waals surface area (Å²) in [7, 11) is -3.37. The maximum absolute atomic E-state index is 12.5. The molecule has 4 nitrogen and oxygen atoms in total. The van der Waals surface area contributed by atoms with Crippen LogP contribution in [0.2, 0.25) is 5.02 Å². The molecule has 0 amide bonds. The number of nitrogens with zero attached hydrogens (tertiary/aromatic N) is 1. The van der Waals surface area contributed by atoms with E-state index in [1.807, 2.05) is 13.8 Å². The van der Waals surface area contributed by atoms with E-state index in [-0.39, 0.29) is 17.9 Å². The number of rotatable bonds is 3. The van der Waals surface area contributed by atoms with Gasteiger partial charge in [0.2, 0.25) is 10.0 Å². The fourth-order valence-electron chi connectivity index (χ4n) is 2.19. The highest BCUT2D eigenvalue weighted by Gasteiger charge is 2.34. The molecule has 1 saturated heterocycles. The highest BCUT2D eigenvalue weighted by Crippen LogP contribution is 2.23. The third-order valence-electron chi connectivity index (χ3n) is 3.48. The number of morpholine rings is 1. The van der Waals surface area contributed by atoms with E-state index in [4.69, 9.17) is 16.3 Å². The van der Waals surface area contributed by atoms with Crippen LogP contribution in [0.5, 0.6) is 0 Å². The zero-order valence-electron chi connectivity index (χ0n) is 11.0. The summed E-state index contributed by atoms with van der Waals surface area (Å²) >= 11 is 6.03. The Morgan fingerprint density at radius 3 is 2.74 bits per heavy atom. The van der Waals surface area contributed by atoms with Crippen molar-refractivity contribution in [3.63, 3.8) is 0 Å². The molecule has 2 unspecified atom stereocenters. The van der Waals surface area contributed by atoms with Crippen molar-refractivity contribution < 1.29 is 13.2 Å². The lowest BCUT2D eigenvalue weighted by Crippen LogP contribution is -2.51. The first-order valence-electron chi connectivity index (χ1n) is 6.26. The van der Waals surface area contributed by atoms with Crippen LogP contribution in [0.4, 0.5) is 0 Å². The molecule has 1 aromatic rings. The van der Waals surface area contributed by atoms with Gasteiger partial charge in [0.1, 0.15) is 0 Å². The predicted molar refractivity (Wildman–Crippen MR) is 75.7 cm³/mol. The number of hydrogen-bond donors (Lipinski definition) is 0. The van der Waals surface area contributed by atoms with E-state index in [9.17, 15) is 8.42 Å². The summed E-state index contributed by atoms with van der Waals surface area (Å²) in [6.45, 7) is 4.60. The molecule has 0 radical (unpaired) electrons. The van der Waals surface area contributed by atoms with Gasteiger partial charge in [-0.05, 0) is 25.5 Å². The SMILES string of the molecule is CC1OCCN(S(=O)(=O)Cc2ccccc2Cl)C1C. The summed E-state index contributed by atoms with van der Waals surface area (Å²) in [5.41, 5.74) is 0.635. The predicted octanol–water partition coefficient (Wildman–Crippen LogP) is 2.28. The second-order valence-electron chi connectivity index (χ2n) is 4.77. The summed E-state index contributed by atoms with van der Waals surface area (Å²) in [4.78, 5) is 0. The van der Waals surface area contributed by atoms with E-state index in [0.29, 0.717) is 23.7 Å². The van der Waals surface area contributed by atoms with Crippen molar-refractivity contribution in [1.82, 2.24) is 4.31 Å². The van der Waals surface area contributed by atoms with E-state index in [0.717, 1.165) is 0 Å². The second kappa shape index (κ2) is 5.79. The zero-order chi connectivity index (χ0) is 14.0. The molecule has 6 heteroatoms. The lowest BCUT2D eigenvalue weighted by atomic mass is 10.2. The van der Waals surface area contributed by atoms with Crippen LogP contribution in [-0.4, -0.2) is 38.0 Å². The molecule has 0 bridgehead atoms. The van der Waals surface area contributed by atoms with Gasteiger partial charge >= 0.3 is 0 Å². The molecular formula is C13H18ClNO3S. The number of hydrogen-bond acceptors (Lipinski definition) is 3. The van der Waals surface area contributed by atoms with Crippen molar-refractivity contribution in [2.24, 2.45) is 0 Å². The molecule has 106 valence electrons. The molecule has 19 heavy (non-hydrogen) atoms. The van der Waals surface area contributed by atoms with Gasteiger partial charge in [0.15, 0.2) is 0 Å². The van der Waals surface area contributed by atoms with Crippen molar-refractivity contribution in [2.75, 3.05) is 13.2 Å². The van der Waals surface area contributed by atoms with E-state index >= 15 is 0 Å². The van der Waals surface area contributed by atoms with Crippen LogP contribution >= 0.6 is 11.6 Å². The minimum Gasteiger partial charge on any atom is -0.375 e. The molecular weight excluding hydrogens is 286 g/mol. The average molecular weight is 304 g/mol. The molecule has 0 N–H and O–H groups in total. The van der Waals surface area contributed by atoms with Gasteiger partial charge in [-0.25, -0.2) is 8.42 Å². The Bertz CT molecular complexity index is 547. The van der Waals surface area contributed by atoms with Crippen LogP contribution < -0.4 is 0 Å². The summed E-state index contributed by atoms with van der Waals surface area (Å²) in [5.74, 6) is -0.0657. The Balaban J connectivity index is 2.21. The third-order valence-corrected chi connectivity index (χ3v) is 5.75. The lowest BCUT2D eigenvalue weighted by molar-refractivity contribution is -0.0232. The average Bonchev–Trinajstić information content (AvgIpc) is 2.35. The summed E-state index contributed by atoms with van der Waals surface area (Å²) in [6.07, 6.45) is -0.0882. The largest absolute Gasteiger partial charge is 0.375 e. The smallest absolute Gasteiger partial charge is 0.218 e. The van der Waals surface area contributed by atoms with Gasteiger partial charge in [-0.1, -0.05) is 29.8 Å². The Labute approximate surface area is 119 Å². The van der Waals surface area contributed by atoms with Gasteiger partial charge in [-0.3, -0.25) is 0 Å². The van der Waals surface area contributed by atoms with Gasteiger partial charge in [0.25, 0.3) is 0 Å². The molecule has 0 aliphatic carbocycles. The monoisotopic (exact) mass is 303 g/mol. The van der Waals surface area contributed by atoms with E-state index < -0.39 is 10.0 Å². The Morgan fingerprint density at radius 2 is 2.05 bits per heavy atom. The normalized spacial score (nSPS) is 25.4. The first-order valence-corrected chi connectivity index (χ1v) is 8.25. The standard InChI is InChI=1S/C13H18ClNO3S/c1-10-11(2)18-8-7-15(10)19(16,17)9-12-5-3-4-6-13(12)14/h3-6,10-11H,7-9H2,1-2H3. The first kappa shape index (κ1) is 14.8. The summed E-state index contributed by atoms with van der Waals surface area (Å²) < 4.78 is 31.9. The summed E-state index contributed by atoms with van der Waals surface area (Å²) in [5, 5.41) is 0.486. The summed E-state index contributed by atoms with van der Waals surface area (Å²) in [6, 6.07) is 6.88. The first-order chi connectivity index (χ1) is 8.92. The van der Waals surface area contributed by atoms with E-state index in [1.165, 1.54) is 4.31 Å². The Hall–Kier alpha value is -0.620. The molecule has 0 aromatic heterocycles. The highest BCUT2D eigenvalue weighted by molar-refractivity contribution is 7.88. The number of halogens is 1. The van der Waals surface area contributed by atoms with Crippen LogP contribution in [0, 0.1) is 0 Å². The molecule has 1 heterocycles. The fourth-order valence-corrected chi connectivity index (χ4v) is 4.32. The van der Waals surface area contributed by atoms with Gasteiger partial charge < -0.3 is 4.74 Å². The minimum absolute atomic E-state index is 0.0657. The highest BCUT2D eigenvalue weighted by atomic mass is 35.5. The van der Waals surface area contributed by atoms with Crippen LogP contribution in [0.15, 0.2) is 24.3 Å². The van der Waals surface area contributed by atoms with E-state index in [1.54, 1.807) is 24.3 Å². The van der Waals surface area contributed by atoms with Gasteiger partial charge in [0, 0.05) is 17.6 Å².